The van der Waals surface area contributed by atoms with Gasteiger partial charge >= 0.3 is 0 Å². The van der Waals surface area contributed by atoms with E-state index in [1.807, 2.05) is 0 Å². The van der Waals surface area contributed by atoms with E-state index in [4.69, 9.17) is 0 Å². The minimum absolute atomic E-state index is 0.141. The summed E-state index contributed by atoms with van der Waals surface area (Å²) in [4.78, 5) is 5.13. The number of nitrogens with zero attached hydrogens (tertiary/aromatic N) is 2. The van der Waals surface area contributed by atoms with Gasteiger partial charge in [0.25, 0.3) is 0 Å². The van der Waals surface area contributed by atoms with Crippen LogP contribution >= 0.6 is 0 Å². The molecule has 0 aromatic carbocycles. The summed E-state index contributed by atoms with van der Waals surface area (Å²) in [6.07, 6.45) is 3.93. The molecule has 1 aliphatic carbocycles. The lowest BCUT2D eigenvalue weighted by atomic mass is 10.0. The van der Waals surface area contributed by atoms with Crippen LogP contribution < -0.4 is 5.32 Å². The molecule has 0 aromatic heterocycles. The number of hydrogen-bond donors (Lipinski definition) is 2. The lowest BCUT2D eigenvalue weighted by molar-refractivity contribution is 0.0759. The Hall–Kier alpha value is -0.160. The molecule has 1 saturated carbocycles. The van der Waals surface area contributed by atoms with Crippen molar-refractivity contribution in [3.8, 4) is 0 Å². The zero-order valence-corrected chi connectivity index (χ0v) is 12.0. The number of hydrogen-bond acceptors (Lipinski definition) is 4. The molecule has 1 atom stereocenters. The van der Waals surface area contributed by atoms with Gasteiger partial charge < -0.3 is 10.4 Å². The van der Waals surface area contributed by atoms with Gasteiger partial charge in [-0.2, -0.15) is 0 Å². The average molecular weight is 255 g/mol. The maximum absolute atomic E-state index is 9.59. The predicted octanol–water partition coefficient (Wildman–Crippen LogP) is 0.517. The summed E-state index contributed by atoms with van der Waals surface area (Å²) in [5, 5.41) is 13.1. The number of aliphatic hydroxyl groups is 1. The van der Waals surface area contributed by atoms with Crippen molar-refractivity contribution < 1.29 is 5.11 Å². The average Bonchev–Trinajstić information content (AvgIpc) is 3.22. The third-order valence-electron chi connectivity index (χ3n) is 4.19. The first-order chi connectivity index (χ1) is 8.67. The Morgan fingerprint density at radius 1 is 1.22 bits per heavy atom. The second-order valence-electron chi connectivity index (χ2n) is 6.19. The first-order valence-electron chi connectivity index (χ1n) is 7.49. The van der Waals surface area contributed by atoms with Crippen LogP contribution in [0.25, 0.3) is 0 Å². The Kier molecular flexibility index (Phi) is 5.01. The number of piperazine rings is 1. The maximum atomic E-state index is 9.59. The molecule has 1 saturated heterocycles. The molecule has 2 aliphatic rings. The van der Waals surface area contributed by atoms with Gasteiger partial charge in [-0.3, -0.25) is 9.80 Å². The van der Waals surface area contributed by atoms with E-state index in [0.717, 1.165) is 38.6 Å². The van der Waals surface area contributed by atoms with Crippen LogP contribution in [0.1, 0.15) is 33.1 Å². The molecule has 4 heteroatoms. The first kappa shape index (κ1) is 14.3. The van der Waals surface area contributed by atoms with E-state index in [-0.39, 0.29) is 12.1 Å². The van der Waals surface area contributed by atoms with Gasteiger partial charge in [0.2, 0.25) is 0 Å². The van der Waals surface area contributed by atoms with Crippen molar-refractivity contribution in [2.75, 3.05) is 45.9 Å². The summed E-state index contributed by atoms with van der Waals surface area (Å²) in [5.41, 5.74) is -0.141. The van der Waals surface area contributed by atoms with Gasteiger partial charge in [-0.05, 0) is 32.7 Å². The smallest absolute Gasteiger partial charge is 0.0623 e. The highest BCUT2D eigenvalue weighted by Gasteiger charge is 2.33. The molecule has 0 radical (unpaired) electrons. The fourth-order valence-corrected chi connectivity index (χ4v) is 2.81. The minimum Gasteiger partial charge on any atom is -0.394 e. The van der Waals surface area contributed by atoms with Gasteiger partial charge in [-0.25, -0.2) is 0 Å². The Labute approximate surface area is 111 Å². The fourth-order valence-electron chi connectivity index (χ4n) is 2.81. The van der Waals surface area contributed by atoms with Crippen molar-refractivity contribution in [3.05, 3.63) is 0 Å². The fraction of sp³-hybridized carbons (Fsp3) is 1.00. The summed E-state index contributed by atoms with van der Waals surface area (Å²) in [7, 11) is 0. The molecular weight excluding hydrogens is 226 g/mol. The first-order valence-corrected chi connectivity index (χ1v) is 7.49. The molecule has 1 aliphatic heterocycles. The van der Waals surface area contributed by atoms with Crippen LogP contribution in [-0.2, 0) is 0 Å². The second-order valence-corrected chi connectivity index (χ2v) is 6.19. The summed E-state index contributed by atoms with van der Waals surface area (Å²) in [6, 6.07) is 0.898. The van der Waals surface area contributed by atoms with Crippen LogP contribution in [0.5, 0.6) is 0 Å². The van der Waals surface area contributed by atoms with E-state index < -0.39 is 0 Å². The second kappa shape index (κ2) is 6.33. The highest BCUT2D eigenvalue weighted by molar-refractivity contribution is 4.91. The van der Waals surface area contributed by atoms with Gasteiger partial charge in [-0.15, -0.1) is 0 Å². The summed E-state index contributed by atoms with van der Waals surface area (Å²) in [6.45, 7) is 11.2. The molecule has 1 heterocycles. The zero-order chi connectivity index (χ0) is 13.0. The van der Waals surface area contributed by atoms with E-state index >= 15 is 0 Å². The monoisotopic (exact) mass is 255 g/mol. The summed E-state index contributed by atoms with van der Waals surface area (Å²) in [5.74, 6) is 0. The largest absolute Gasteiger partial charge is 0.394 e. The van der Waals surface area contributed by atoms with E-state index in [2.05, 4.69) is 29.0 Å². The maximum Gasteiger partial charge on any atom is 0.0623 e. The van der Waals surface area contributed by atoms with Crippen molar-refractivity contribution in [1.29, 1.82) is 0 Å². The van der Waals surface area contributed by atoms with E-state index in [0.29, 0.717) is 0 Å². The Morgan fingerprint density at radius 2 is 1.89 bits per heavy atom. The van der Waals surface area contributed by atoms with Gasteiger partial charge in [0.05, 0.1) is 12.1 Å². The molecule has 0 bridgehead atoms. The van der Waals surface area contributed by atoms with Crippen molar-refractivity contribution in [1.82, 2.24) is 15.1 Å². The van der Waals surface area contributed by atoms with Crippen LogP contribution in [0.2, 0.25) is 0 Å². The van der Waals surface area contributed by atoms with Crippen LogP contribution in [-0.4, -0.2) is 72.4 Å². The third-order valence-corrected chi connectivity index (χ3v) is 4.19. The van der Waals surface area contributed by atoms with E-state index in [1.54, 1.807) is 0 Å². The van der Waals surface area contributed by atoms with Crippen molar-refractivity contribution in [2.24, 2.45) is 0 Å². The van der Waals surface area contributed by atoms with Crippen LogP contribution in [0.15, 0.2) is 0 Å². The van der Waals surface area contributed by atoms with Crippen LogP contribution in [0.4, 0.5) is 0 Å². The molecule has 1 unspecified atom stereocenters. The minimum atomic E-state index is -0.141. The molecular formula is C14H29N3O. The molecule has 0 amide bonds. The number of aliphatic hydroxyl groups excluding tert-OH is 1. The topological polar surface area (TPSA) is 38.7 Å². The Bertz CT molecular complexity index is 249. The quantitative estimate of drug-likeness (QED) is 0.695. The molecule has 106 valence electrons. The molecule has 0 spiro atoms. The van der Waals surface area contributed by atoms with E-state index in [9.17, 15) is 5.11 Å². The van der Waals surface area contributed by atoms with Crippen LogP contribution in [0.3, 0.4) is 0 Å². The van der Waals surface area contributed by atoms with Gasteiger partial charge in [0.15, 0.2) is 0 Å². The summed E-state index contributed by atoms with van der Waals surface area (Å²) < 4.78 is 0. The normalized spacial score (nSPS) is 26.2. The molecule has 2 N–H and O–H groups in total. The molecule has 2 fully saturated rings. The van der Waals surface area contributed by atoms with E-state index in [1.165, 1.54) is 25.9 Å². The Morgan fingerprint density at radius 3 is 2.39 bits per heavy atom. The SMILES string of the molecule is CCCNC(C)(CO)CN1CCN(C2CC2)CC1. The molecule has 2 rings (SSSR count). The van der Waals surface area contributed by atoms with Crippen molar-refractivity contribution in [2.45, 2.75) is 44.7 Å². The number of nitrogens with one attached hydrogen (secondary N) is 1. The summed E-state index contributed by atoms with van der Waals surface area (Å²) >= 11 is 0. The molecule has 4 nitrogen and oxygen atoms in total. The third kappa shape index (κ3) is 3.92. The van der Waals surface area contributed by atoms with Gasteiger partial charge in [-0.1, -0.05) is 6.92 Å². The van der Waals surface area contributed by atoms with Crippen LogP contribution in [0, 0.1) is 0 Å². The number of rotatable bonds is 7. The Balaban J connectivity index is 1.74. The highest BCUT2D eigenvalue weighted by Crippen LogP contribution is 2.27. The molecule has 0 aromatic rings. The highest BCUT2D eigenvalue weighted by atomic mass is 16.3. The van der Waals surface area contributed by atoms with Crippen molar-refractivity contribution in [3.63, 3.8) is 0 Å². The zero-order valence-electron chi connectivity index (χ0n) is 12.0. The van der Waals surface area contributed by atoms with Gasteiger partial charge in [0, 0.05) is 38.8 Å². The molecule has 18 heavy (non-hydrogen) atoms. The van der Waals surface area contributed by atoms with Crippen molar-refractivity contribution >= 4 is 0 Å². The lowest BCUT2D eigenvalue weighted by Crippen LogP contribution is -2.58. The lowest BCUT2D eigenvalue weighted by Gasteiger charge is -2.40. The standard InChI is InChI=1S/C14H29N3O/c1-3-6-15-14(2,12-18)11-16-7-9-17(10-8-16)13-4-5-13/h13,15,18H,3-12H2,1-2H3. The van der Waals surface area contributed by atoms with Gasteiger partial charge in [0.1, 0.15) is 0 Å². The predicted molar refractivity (Wildman–Crippen MR) is 74.8 cm³/mol.